The third-order valence-corrected chi connectivity index (χ3v) is 8.84. The van der Waals surface area contributed by atoms with Gasteiger partial charge >= 0.3 is 5.97 Å². The zero-order chi connectivity index (χ0) is 37.6. The lowest BCUT2D eigenvalue weighted by Gasteiger charge is -2.42. The Morgan fingerprint density at radius 1 is 0.731 bits per heavy atom. The van der Waals surface area contributed by atoms with Crippen LogP contribution in [-0.4, -0.2) is 130 Å². The summed E-state index contributed by atoms with van der Waals surface area (Å²) in [6.45, 7) is -1.55. The van der Waals surface area contributed by atoms with Crippen molar-refractivity contribution in [2.24, 2.45) is 0 Å². The van der Waals surface area contributed by atoms with Gasteiger partial charge in [-0.15, -0.1) is 0 Å². The first-order chi connectivity index (χ1) is 24.7. The summed E-state index contributed by atoms with van der Waals surface area (Å²) in [5.41, 5.74) is -1.78. The van der Waals surface area contributed by atoms with Crippen molar-refractivity contribution in [1.82, 2.24) is 0 Å². The molecule has 0 aliphatic carbocycles. The molecule has 278 valence electrons. The molecule has 0 bridgehead atoms. The number of ether oxygens (including phenoxy) is 4. The Hall–Kier alpha value is -5.02. The van der Waals surface area contributed by atoms with E-state index in [0.717, 1.165) is 18.2 Å². The van der Waals surface area contributed by atoms with E-state index in [1.54, 1.807) is 0 Å². The number of phenolic OH excluding ortho intramolecular Hbond substituents is 4. The molecule has 0 radical (unpaired) electrons. The summed E-state index contributed by atoms with van der Waals surface area (Å²) < 4.78 is 27.7. The number of aromatic hydroxyl groups is 4. The first-order valence-electron chi connectivity index (χ1n) is 15.7. The van der Waals surface area contributed by atoms with Gasteiger partial charge in [-0.1, -0.05) is 0 Å². The van der Waals surface area contributed by atoms with E-state index in [4.69, 9.17) is 23.4 Å². The van der Waals surface area contributed by atoms with E-state index in [1.165, 1.54) is 36.4 Å². The third kappa shape index (κ3) is 6.70. The zero-order valence-corrected chi connectivity index (χ0v) is 26.7. The molecule has 0 spiro atoms. The van der Waals surface area contributed by atoms with Crippen LogP contribution in [0.1, 0.15) is 22.0 Å². The summed E-state index contributed by atoms with van der Waals surface area (Å²) in [5, 5.41) is 113. The molecule has 18 heteroatoms. The second kappa shape index (κ2) is 14.5. The van der Waals surface area contributed by atoms with Gasteiger partial charge in [0.25, 0.3) is 0 Å². The van der Waals surface area contributed by atoms with Crippen LogP contribution in [0.25, 0.3) is 22.3 Å². The van der Waals surface area contributed by atoms with Gasteiger partial charge in [-0.05, 0) is 42.5 Å². The molecule has 18 nitrogen and oxygen atoms in total. The summed E-state index contributed by atoms with van der Waals surface area (Å²) in [6.07, 6.45) is -16.8. The molecular formula is C34H34O18. The van der Waals surface area contributed by atoms with Crippen LogP contribution in [0.2, 0.25) is 0 Å². The molecule has 6 rings (SSSR count). The molecule has 10 atom stereocenters. The zero-order valence-electron chi connectivity index (χ0n) is 26.7. The van der Waals surface area contributed by atoms with Crippen molar-refractivity contribution in [3.05, 3.63) is 75.9 Å². The maximum atomic E-state index is 13.4. The van der Waals surface area contributed by atoms with Crippen LogP contribution in [0.3, 0.4) is 0 Å². The Labute approximate surface area is 291 Å². The molecule has 2 saturated heterocycles. The highest BCUT2D eigenvalue weighted by Gasteiger charge is 2.49. The van der Waals surface area contributed by atoms with Gasteiger partial charge in [0.2, 0.25) is 6.29 Å². The van der Waals surface area contributed by atoms with Crippen LogP contribution in [0.4, 0.5) is 0 Å². The standard InChI is InChI=1S/C34H34O18/c35-10-21-26(42)29(45)32(52-33(47)12-1-4-14(37)5-2-12)31(49-21)24-17(40)9-20-23(27(24)43)16(39)8-19(48-20)13-3-6-18(15(38)7-13)50-34-30(46)28(44)25(41)22(11-36)51-34/h1-9,21-22,25-26,28-32,34-38,40-46H,10-11H2/t21-,22-,25-,26-,28+,29+,30-,31+,32-,34-/m1/s1. The average molecular weight is 731 g/mol. The normalized spacial score (nSPS) is 29.1. The maximum Gasteiger partial charge on any atom is 0.338 e. The van der Waals surface area contributed by atoms with Crippen molar-refractivity contribution < 1.29 is 84.3 Å². The van der Waals surface area contributed by atoms with Crippen molar-refractivity contribution in [1.29, 1.82) is 0 Å². The Balaban J connectivity index is 1.32. The number of hydrogen-bond acceptors (Lipinski definition) is 18. The lowest BCUT2D eigenvalue weighted by Crippen LogP contribution is -2.60. The third-order valence-electron chi connectivity index (χ3n) is 8.84. The lowest BCUT2D eigenvalue weighted by molar-refractivity contribution is -0.277. The van der Waals surface area contributed by atoms with Gasteiger partial charge in [0.05, 0.1) is 24.3 Å². The fourth-order valence-corrected chi connectivity index (χ4v) is 6.03. The molecule has 0 unspecified atom stereocenters. The topological polar surface area (TPSA) is 307 Å². The molecule has 0 amide bonds. The van der Waals surface area contributed by atoms with E-state index in [9.17, 15) is 65.8 Å². The van der Waals surface area contributed by atoms with Crippen LogP contribution in [-0.2, 0) is 14.2 Å². The number of aliphatic hydroxyl groups excluding tert-OH is 7. The number of fused-ring (bicyclic) bond motifs is 1. The summed E-state index contributed by atoms with van der Waals surface area (Å²) >= 11 is 0. The highest BCUT2D eigenvalue weighted by Crippen LogP contribution is 2.46. The van der Waals surface area contributed by atoms with Crippen molar-refractivity contribution >= 4 is 16.9 Å². The van der Waals surface area contributed by atoms with E-state index < -0.39 is 114 Å². The van der Waals surface area contributed by atoms with Crippen LogP contribution in [0.5, 0.6) is 28.7 Å². The van der Waals surface area contributed by atoms with E-state index >= 15 is 0 Å². The minimum absolute atomic E-state index is 0.0813. The molecule has 11 N–H and O–H groups in total. The fraction of sp³-hybridized carbons (Fsp3) is 0.353. The van der Waals surface area contributed by atoms with Crippen LogP contribution in [0.15, 0.2) is 63.8 Å². The number of phenols is 4. The Kier molecular flexibility index (Phi) is 10.3. The molecule has 0 saturated carbocycles. The van der Waals surface area contributed by atoms with Crippen molar-refractivity contribution in [3.8, 4) is 40.1 Å². The minimum Gasteiger partial charge on any atom is -0.508 e. The van der Waals surface area contributed by atoms with E-state index in [-0.39, 0.29) is 34.0 Å². The summed E-state index contributed by atoms with van der Waals surface area (Å²) in [4.78, 5) is 26.4. The monoisotopic (exact) mass is 730 g/mol. The van der Waals surface area contributed by atoms with Crippen molar-refractivity contribution in [2.75, 3.05) is 13.2 Å². The summed E-state index contributed by atoms with van der Waals surface area (Å²) in [7, 11) is 0. The molecule has 4 aromatic rings. The van der Waals surface area contributed by atoms with Gasteiger partial charge in [-0.25, -0.2) is 4.79 Å². The molecular weight excluding hydrogens is 696 g/mol. The Bertz CT molecular complexity index is 1990. The first kappa shape index (κ1) is 36.8. The van der Waals surface area contributed by atoms with Gasteiger partial charge in [0.1, 0.15) is 82.8 Å². The van der Waals surface area contributed by atoms with Gasteiger partial charge in [0, 0.05) is 17.7 Å². The van der Waals surface area contributed by atoms with Gasteiger partial charge < -0.3 is 79.5 Å². The number of hydrogen-bond donors (Lipinski definition) is 11. The van der Waals surface area contributed by atoms with E-state index in [0.29, 0.717) is 0 Å². The maximum absolute atomic E-state index is 13.4. The number of rotatable bonds is 8. The number of esters is 1. The van der Waals surface area contributed by atoms with Gasteiger partial charge in [0.15, 0.2) is 23.0 Å². The van der Waals surface area contributed by atoms with Gasteiger partial charge in [-0.3, -0.25) is 4.79 Å². The number of carbonyl (C=O) groups is 1. The lowest BCUT2D eigenvalue weighted by atomic mass is 9.89. The first-order valence-corrected chi connectivity index (χ1v) is 15.7. The quantitative estimate of drug-likeness (QED) is 0.0953. The Morgan fingerprint density at radius 2 is 1.38 bits per heavy atom. The predicted octanol–water partition coefficient (Wildman–Crippen LogP) is -1.16. The van der Waals surface area contributed by atoms with Crippen LogP contribution in [0, 0.1) is 0 Å². The molecule has 2 aliphatic heterocycles. The highest BCUT2D eigenvalue weighted by atomic mass is 16.7. The molecule has 3 heterocycles. The van der Waals surface area contributed by atoms with E-state index in [1.807, 2.05) is 0 Å². The largest absolute Gasteiger partial charge is 0.508 e. The molecule has 52 heavy (non-hydrogen) atoms. The Morgan fingerprint density at radius 3 is 2.04 bits per heavy atom. The molecule has 2 fully saturated rings. The number of aliphatic hydroxyl groups is 7. The molecule has 3 aromatic carbocycles. The second-order valence-electron chi connectivity index (χ2n) is 12.2. The van der Waals surface area contributed by atoms with Crippen molar-refractivity contribution in [3.63, 3.8) is 0 Å². The average Bonchev–Trinajstić information content (AvgIpc) is 3.11. The molecule has 2 aliphatic rings. The summed E-state index contributed by atoms with van der Waals surface area (Å²) in [5.74, 6) is -3.88. The number of carbonyl (C=O) groups excluding carboxylic acids is 1. The fourth-order valence-electron chi connectivity index (χ4n) is 6.03. The number of benzene rings is 3. The van der Waals surface area contributed by atoms with Crippen LogP contribution < -0.4 is 10.2 Å². The molecule has 1 aromatic heterocycles. The minimum atomic E-state index is -1.93. The van der Waals surface area contributed by atoms with E-state index in [2.05, 4.69) is 0 Å². The SMILES string of the molecule is O=C(O[C@@H]1[C@@H](O)[C@H](O)[C@@H](CO)O[C@H]1c1c(O)cc2oc(-c3ccc(O[C@@H]4O[C@H](CO)[C@@H](O)[C@H](O)[C@H]4O)c(O)c3)cc(=O)c2c1O)c1ccc(O)cc1. The second-order valence-corrected chi connectivity index (χ2v) is 12.2. The summed E-state index contributed by atoms with van der Waals surface area (Å²) in [6, 6.07) is 10.3. The predicted molar refractivity (Wildman–Crippen MR) is 171 cm³/mol. The highest BCUT2D eigenvalue weighted by molar-refractivity contribution is 5.90. The smallest absolute Gasteiger partial charge is 0.338 e. The van der Waals surface area contributed by atoms with Crippen molar-refractivity contribution in [2.45, 2.75) is 61.2 Å². The van der Waals surface area contributed by atoms with Gasteiger partial charge in [-0.2, -0.15) is 0 Å². The van der Waals surface area contributed by atoms with Crippen LogP contribution >= 0.6 is 0 Å².